The summed E-state index contributed by atoms with van der Waals surface area (Å²) in [6, 6.07) is 3.58. The molecule has 2 aromatic heterocycles. The van der Waals surface area contributed by atoms with Gasteiger partial charge in [0.1, 0.15) is 0 Å². The van der Waals surface area contributed by atoms with Crippen molar-refractivity contribution in [2.45, 2.75) is 27.7 Å². The molecule has 31 heavy (non-hydrogen) atoms. The number of fused-ring (bicyclic) bond motifs is 3. The quantitative estimate of drug-likeness (QED) is 0.418. The number of carbonyl (C=O) groups is 4. The maximum atomic E-state index is 13.6. The third kappa shape index (κ3) is 2.92. The highest BCUT2D eigenvalue weighted by molar-refractivity contribution is 7.92. The Bertz CT molecular complexity index is 1240. The van der Waals surface area contributed by atoms with Crippen LogP contribution in [0.4, 0.5) is 0 Å². The topological polar surface area (TPSA) is 81.2 Å². The Morgan fingerprint density at radius 3 is 1.87 bits per heavy atom. The van der Waals surface area contributed by atoms with E-state index < -0.39 is 15.8 Å². The summed E-state index contributed by atoms with van der Waals surface area (Å²) in [5.41, 5.74) is 0.800. The average molecular weight is 469 g/mol. The van der Waals surface area contributed by atoms with E-state index in [1.807, 2.05) is 33.8 Å². The van der Waals surface area contributed by atoms with Crippen molar-refractivity contribution in [1.29, 1.82) is 0 Å². The molecule has 2 unspecified atom stereocenters. The second kappa shape index (κ2) is 7.33. The van der Waals surface area contributed by atoms with Gasteiger partial charge in [0.05, 0.1) is 20.8 Å². The Kier molecular flexibility index (Phi) is 4.97. The van der Waals surface area contributed by atoms with E-state index in [0.29, 0.717) is 54.9 Å². The highest BCUT2D eigenvalue weighted by atomic mass is 32.1. The second-order valence-corrected chi connectivity index (χ2v) is 14.0. The van der Waals surface area contributed by atoms with Gasteiger partial charge in [-0.05, 0) is 30.2 Å². The molecule has 0 bridgehead atoms. The summed E-state index contributed by atoms with van der Waals surface area (Å²) in [4.78, 5) is 59.4. The van der Waals surface area contributed by atoms with Crippen molar-refractivity contribution in [2.75, 3.05) is 12.3 Å². The minimum Gasteiger partial charge on any atom is -0.288 e. The average Bonchev–Trinajstić information content (AvgIpc) is 3.11. The first-order valence-corrected chi connectivity index (χ1v) is 14.2. The number of aromatic nitrogens is 1. The lowest BCUT2D eigenvalue weighted by molar-refractivity contribution is 0.103. The van der Waals surface area contributed by atoms with Crippen molar-refractivity contribution < 1.29 is 19.2 Å². The van der Waals surface area contributed by atoms with Gasteiger partial charge in [-0.15, -0.1) is 11.3 Å². The van der Waals surface area contributed by atoms with Crippen LogP contribution in [0.15, 0.2) is 18.3 Å². The molecule has 1 aromatic carbocycles. The lowest BCUT2D eigenvalue weighted by atomic mass is 9.95. The zero-order valence-electron chi connectivity index (χ0n) is 17.7. The summed E-state index contributed by atoms with van der Waals surface area (Å²) in [7, 11) is -3.09. The molecular weight excluding hydrogens is 448 g/mol. The Balaban J connectivity index is 1.91. The van der Waals surface area contributed by atoms with Crippen LogP contribution in [0.3, 0.4) is 0 Å². The number of hydrogen-bond acceptors (Lipinski definition) is 6. The van der Waals surface area contributed by atoms with E-state index in [1.54, 1.807) is 12.3 Å². The van der Waals surface area contributed by atoms with Crippen molar-refractivity contribution in [1.82, 2.24) is 4.98 Å². The standard InChI is InChI=1S/C23H21NO4P2S/c1-10(2)8-29-20(25)13-12-6-5-7-24-17(12)16-15-14(13)18(22(29)27)31-19(15)23(28)30(21(16)26)9-11(3)4/h5-7,10-11H,8-9H2,1-4H3. The number of thiophene rings is 1. The molecule has 2 aliphatic heterocycles. The Hall–Kier alpha value is -1.87. The maximum Gasteiger partial charge on any atom is 0.202 e. The highest BCUT2D eigenvalue weighted by Crippen LogP contribution is 2.60. The van der Waals surface area contributed by atoms with Crippen LogP contribution in [-0.2, 0) is 0 Å². The van der Waals surface area contributed by atoms with Crippen molar-refractivity contribution in [2.24, 2.45) is 11.8 Å². The van der Waals surface area contributed by atoms with Gasteiger partial charge in [-0.3, -0.25) is 24.2 Å². The van der Waals surface area contributed by atoms with E-state index in [-0.39, 0.29) is 33.9 Å². The molecule has 3 aromatic rings. The van der Waals surface area contributed by atoms with E-state index in [0.717, 1.165) is 0 Å². The van der Waals surface area contributed by atoms with Crippen LogP contribution in [0.1, 0.15) is 67.8 Å². The molecule has 158 valence electrons. The number of benzene rings is 1. The van der Waals surface area contributed by atoms with Gasteiger partial charge in [0.15, 0.2) is 11.0 Å². The van der Waals surface area contributed by atoms with Crippen molar-refractivity contribution in [3.63, 3.8) is 0 Å². The number of nitrogens with zero attached hydrogens (tertiary/aromatic N) is 1. The Morgan fingerprint density at radius 1 is 0.806 bits per heavy atom. The number of carbonyl (C=O) groups excluding carboxylic acids is 4. The first-order valence-electron chi connectivity index (χ1n) is 10.3. The molecule has 0 aliphatic carbocycles. The molecule has 0 N–H and O–H groups in total. The number of hydrogen-bond donors (Lipinski definition) is 0. The molecule has 8 heteroatoms. The van der Waals surface area contributed by atoms with E-state index in [2.05, 4.69) is 4.98 Å². The zero-order chi connectivity index (χ0) is 22.2. The van der Waals surface area contributed by atoms with Crippen LogP contribution < -0.4 is 0 Å². The van der Waals surface area contributed by atoms with Gasteiger partial charge in [0.2, 0.25) is 11.0 Å². The highest BCUT2D eigenvalue weighted by Gasteiger charge is 2.46. The molecule has 0 fully saturated rings. The van der Waals surface area contributed by atoms with Crippen molar-refractivity contribution in [3.8, 4) is 0 Å². The fourth-order valence-corrected chi connectivity index (χ4v) is 10.6. The SMILES string of the molecule is CC(C)CP1C(=O)c2sc3c4c(c5ncccc5c(c24)C1=O)C(=O)P(CC(C)C)C3=O. The third-order valence-electron chi connectivity index (χ3n) is 5.61. The summed E-state index contributed by atoms with van der Waals surface area (Å²) in [6.45, 7) is 8.02. The molecule has 0 saturated heterocycles. The summed E-state index contributed by atoms with van der Waals surface area (Å²) >= 11 is 1.20. The third-order valence-corrected chi connectivity index (χ3v) is 12.2. The van der Waals surface area contributed by atoms with Gasteiger partial charge < -0.3 is 0 Å². The summed E-state index contributed by atoms with van der Waals surface area (Å²) in [5.74, 6) is 0.406. The van der Waals surface area contributed by atoms with Crippen LogP contribution >= 0.6 is 27.2 Å². The predicted molar refractivity (Wildman–Crippen MR) is 128 cm³/mol. The van der Waals surface area contributed by atoms with Gasteiger partial charge in [-0.25, -0.2) is 0 Å². The van der Waals surface area contributed by atoms with Gasteiger partial charge in [-0.1, -0.05) is 33.8 Å². The van der Waals surface area contributed by atoms with Crippen molar-refractivity contribution >= 4 is 71.0 Å². The van der Waals surface area contributed by atoms with Crippen LogP contribution in [0.2, 0.25) is 0 Å². The van der Waals surface area contributed by atoms with Crippen LogP contribution in [0.25, 0.3) is 21.7 Å². The fourth-order valence-electron chi connectivity index (χ4n) is 4.46. The maximum absolute atomic E-state index is 13.6. The Labute approximate surface area is 186 Å². The van der Waals surface area contributed by atoms with E-state index in [1.165, 1.54) is 11.3 Å². The molecular formula is C23H21NO4P2S. The number of pyridine rings is 1. The van der Waals surface area contributed by atoms with Gasteiger partial charge in [-0.2, -0.15) is 0 Å². The first kappa shape index (κ1) is 21.0. The molecule has 2 atom stereocenters. The monoisotopic (exact) mass is 469 g/mol. The molecule has 5 nitrogen and oxygen atoms in total. The molecule has 0 radical (unpaired) electrons. The van der Waals surface area contributed by atoms with Gasteiger partial charge in [0, 0.05) is 43.8 Å². The second-order valence-electron chi connectivity index (χ2n) is 8.89. The van der Waals surface area contributed by atoms with Gasteiger partial charge >= 0.3 is 0 Å². The van der Waals surface area contributed by atoms with E-state index in [9.17, 15) is 19.2 Å². The predicted octanol–water partition coefficient (Wildman–Crippen LogP) is 6.31. The van der Waals surface area contributed by atoms with Gasteiger partial charge in [0.25, 0.3) is 0 Å². The van der Waals surface area contributed by atoms with Crippen LogP contribution in [0, 0.1) is 11.8 Å². The smallest absolute Gasteiger partial charge is 0.202 e. The minimum absolute atomic E-state index is 0.146. The van der Waals surface area contributed by atoms with Crippen LogP contribution in [-0.4, -0.2) is 39.4 Å². The zero-order valence-corrected chi connectivity index (χ0v) is 20.3. The minimum atomic E-state index is -1.55. The lowest BCUT2D eigenvalue weighted by Gasteiger charge is -2.26. The molecule has 4 heterocycles. The van der Waals surface area contributed by atoms with E-state index in [4.69, 9.17) is 0 Å². The van der Waals surface area contributed by atoms with Crippen molar-refractivity contribution in [3.05, 3.63) is 39.2 Å². The van der Waals surface area contributed by atoms with E-state index >= 15 is 0 Å². The summed E-state index contributed by atoms with van der Waals surface area (Å²) in [6.07, 6.45) is 2.66. The molecule has 0 saturated carbocycles. The Morgan fingerprint density at radius 2 is 1.32 bits per heavy atom. The lowest BCUT2D eigenvalue weighted by Crippen LogP contribution is -2.19. The molecule has 0 amide bonds. The molecule has 0 spiro atoms. The summed E-state index contributed by atoms with van der Waals surface area (Å²) < 4.78 is 0. The first-order chi connectivity index (χ1) is 14.7. The fraction of sp³-hybridized carbons (Fsp3) is 0.348. The normalized spacial score (nSPS) is 20.7. The molecule has 2 aliphatic rings. The number of rotatable bonds is 4. The molecule has 5 rings (SSSR count). The van der Waals surface area contributed by atoms with Crippen LogP contribution in [0.5, 0.6) is 0 Å². The largest absolute Gasteiger partial charge is 0.288 e. The summed E-state index contributed by atoms with van der Waals surface area (Å²) in [5, 5.41) is 1.65.